The lowest BCUT2D eigenvalue weighted by Gasteiger charge is -2.01. The molecule has 0 aromatic carbocycles. The molecule has 0 radical (unpaired) electrons. The van der Waals surface area contributed by atoms with Crippen LogP contribution in [-0.2, 0) is 6.61 Å². The first-order chi connectivity index (χ1) is 8.43. The second kappa shape index (κ2) is 4.17. The second-order valence-corrected chi connectivity index (χ2v) is 3.39. The maximum atomic E-state index is 5.51. The SMILES string of the molecule is c1ccc(COc2nnc3cccnn23)nc1. The molecule has 0 fully saturated rings. The molecule has 0 unspecified atom stereocenters. The summed E-state index contributed by atoms with van der Waals surface area (Å²) in [4.78, 5) is 4.16. The molecule has 6 heteroatoms. The van der Waals surface area contributed by atoms with Gasteiger partial charge in [0.25, 0.3) is 0 Å². The molecule has 3 aromatic heterocycles. The monoisotopic (exact) mass is 227 g/mol. The Bertz CT molecular complexity index is 622. The van der Waals surface area contributed by atoms with Crippen LogP contribution in [0.4, 0.5) is 0 Å². The molecule has 3 aromatic rings. The Balaban J connectivity index is 1.82. The fourth-order valence-corrected chi connectivity index (χ4v) is 1.44. The molecule has 6 nitrogen and oxygen atoms in total. The average Bonchev–Trinajstić information content (AvgIpc) is 2.81. The highest BCUT2D eigenvalue weighted by Gasteiger charge is 2.06. The van der Waals surface area contributed by atoms with E-state index in [4.69, 9.17) is 4.74 Å². The molecule has 0 amide bonds. The van der Waals surface area contributed by atoms with E-state index >= 15 is 0 Å². The zero-order valence-electron chi connectivity index (χ0n) is 8.89. The zero-order valence-corrected chi connectivity index (χ0v) is 8.89. The van der Waals surface area contributed by atoms with E-state index in [1.807, 2.05) is 24.3 Å². The van der Waals surface area contributed by atoms with Gasteiger partial charge in [-0.05, 0) is 24.3 Å². The molecule has 17 heavy (non-hydrogen) atoms. The molecule has 0 N–H and O–H groups in total. The molecule has 0 bridgehead atoms. The van der Waals surface area contributed by atoms with Crippen LogP contribution in [0.3, 0.4) is 0 Å². The van der Waals surface area contributed by atoms with Crippen molar-refractivity contribution in [2.24, 2.45) is 0 Å². The molecule has 0 atom stereocenters. The smallest absolute Gasteiger partial charge is 0.339 e. The Labute approximate surface area is 96.9 Å². The van der Waals surface area contributed by atoms with Crippen LogP contribution in [-0.4, -0.2) is 24.8 Å². The number of hydrogen-bond donors (Lipinski definition) is 0. The van der Waals surface area contributed by atoms with Crippen LogP contribution >= 0.6 is 0 Å². The Hall–Kier alpha value is -2.50. The highest BCUT2D eigenvalue weighted by Crippen LogP contribution is 2.09. The van der Waals surface area contributed by atoms with Crippen molar-refractivity contribution in [3.05, 3.63) is 48.4 Å². The number of fused-ring (bicyclic) bond motifs is 1. The van der Waals surface area contributed by atoms with Crippen LogP contribution in [0.2, 0.25) is 0 Å². The minimum atomic E-state index is 0.345. The minimum absolute atomic E-state index is 0.345. The molecule has 0 aliphatic carbocycles. The molecule has 0 aliphatic heterocycles. The van der Waals surface area contributed by atoms with Crippen LogP contribution in [0.1, 0.15) is 5.69 Å². The normalized spacial score (nSPS) is 10.6. The largest absolute Gasteiger partial charge is 0.456 e. The second-order valence-electron chi connectivity index (χ2n) is 3.39. The summed E-state index contributed by atoms with van der Waals surface area (Å²) in [5, 5.41) is 11.9. The van der Waals surface area contributed by atoms with E-state index in [9.17, 15) is 0 Å². The summed E-state index contributed by atoms with van der Waals surface area (Å²) in [6.45, 7) is 0.345. The summed E-state index contributed by atoms with van der Waals surface area (Å²) < 4.78 is 7.05. The third-order valence-corrected chi connectivity index (χ3v) is 2.22. The first-order valence-electron chi connectivity index (χ1n) is 5.12. The maximum absolute atomic E-state index is 5.51. The number of ether oxygens (including phenoxy) is 1. The van der Waals surface area contributed by atoms with E-state index in [0.29, 0.717) is 18.3 Å². The van der Waals surface area contributed by atoms with Crippen LogP contribution in [0.5, 0.6) is 6.01 Å². The van der Waals surface area contributed by atoms with E-state index in [-0.39, 0.29) is 0 Å². The van der Waals surface area contributed by atoms with Crippen molar-refractivity contribution < 1.29 is 4.74 Å². The lowest BCUT2D eigenvalue weighted by molar-refractivity contribution is 0.269. The molecule has 3 heterocycles. The van der Waals surface area contributed by atoms with Gasteiger partial charge >= 0.3 is 6.01 Å². The first-order valence-corrected chi connectivity index (χ1v) is 5.12. The van der Waals surface area contributed by atoms with Gasteiger partial charge in [-0.15, -0.1) is 5.10 Å². The number of pyridine rings is 1. The van der Waals surface area contributed by atoms with Crippen molar-refractivity contribution in [2.75, 3.05) is 0 Å². The highest BCUT2D eigenvalue weighted by molar-refractivity contribution is 5.35. The average molecular weight is 227 g/mol. The maximum Gasteiger partial charge on any atom is 0.339 e. The van der Waals surface area contributed by atoms with Gasteiger partial charge in [-0.1, -0.05) is 11.2 Å². The van der Waals surface area contributed by atoms with Crippen molar-refractivity contribution >= 4 is 5.65 Å². The van der Waals surface area contributed by atoms with E-state index in [2.05, 4.69) is 20.3 Å². The topological polar surface area (TPSA) is 65.2 Å². The fourth-order valence-electron chi connectivity index (χ4n) is 1.44. The quantitative estimate of drug-likeness (QED) is 0.670. The predicted molar refractivity (Wildman–Crippen MR) is 59.4 cm³/mol. The molecule has 0 saturated heterocycles. The van der Waals surface area contributed by atoms with Crippen LogP contribution in [0, 0.1) is 0 Å². The Morgan fingerprint density at radius 1 is 1.06 bits per heavy atom. The first kappa shape index (κ1) is 9.71. The van der Waals surface area contributed by atoms with Gasteiger partial charge in [0, 0.05) is 12.4 Å². The van der Waals surface area contributed by atoms with E-state index in [0.717, 1.165) is 5.69 Å². The van der Waals surface area contributed by atoms with Gasteiger partial charge < -0.3 is 4.74 Å². The molecule has 0 saturated carbocycles. The van der Waals surface area contributed by atoms with Crippen LogP contribution < -0.4 is 4.74 Å². The highest BCUT2D eigenvalue weighted by atomic mass is 16.5. The molecule has 0 spiro atoms. The van der Waals surface area contributed by atoms with E-state index in [1.54, 1.807) is 23.0 Å². The van der Waals surface area contributed by atoms with Gasteiger partial charge in [0.1, 0.15) is 6.61 Å². The molecule has 84 valence electrons. The molecule has 3 rings (SSSR count). The zero-order chi connectivity index (χ0) is 11.5. The number of hydrogen-bond acceptors (Lipinski definition) is 5. The Morgan fingerprint density at radius 3 is 2.94 bits per heavy atom. The summed E-state index contributed by atoms with van der Waals surface area (Å²) in [7, 11) is 0. The molecular weight excluding hydrogens is 218 g/mol. The van der Waals surface area contributed by atoms with Gasteiger partial charge in [-0.3, -0.25) is 4.98 Å². The van der Waals surface area contributed by atoms with Crippen LogP contribution in [0.15, 0.2) is 42.7 Å². The Kier molecular flexibility index (Phi) is 2.38. The summed E-state index contributed by atoms with van der Waals surface area (Å²) in [6.07, 6.45) is 3.38. The third kappa shape index (κ3) is 1.92. The number of rotatable bonds is 3. The van der Waals surface area contributed by atoms with Crippen LogP contribution in [0.25, 0.3) is 5.65 Å². The van der Waals surface area contributed by atoms with Gasteiger partial charge in [0.05, 0.1) is 5.69 Å². The summed E-state index contributed by atoms with van der Waals surface area (Å²) >= 11 is 0. The lowest BCUT2D eigenvalue weighted by atomic mass is 10.4. The fraction of sp³-hybridized carbons (Fsp3) is 0.0909. The van der Waals surface area contributed by atoms with E-state index < -0.39 is 0 Å². The van der Waals surface area contributed by atoms with Gasteiger partial charge in [-0.2, -0.15) is 9.61 Å². The van der Waals surface area contributed by atoms with Crippen molar-refractivity contribution in [3.63, 3.8) is 0 Å². The summed E-state index contributed by atoms with van der Waals surface area (Å²) in [5.74, 6) is 0. The van der Waals surface area contributed by atoms with Gasteiger partial charge in [0.2, 0.25) is 0 Å². The number of nitrogens with zero attached hydrogens (tertiary/aromatic N) is 5. The van der Waals surface area contributed by atoms with Crippen molar-refractivity contribution in [1.29, 1.82) is 0 Å². The predicted octanol–water partition coefficient (Wildman–Crippen LogP) is 1.10. The van der Waals surface area contributed by atoms with Crippen molar-refractivity contribution in [2.45, 2.75) is 6.61 Å². The Morgan fingerprint density at radius 2 is 2.06 bits per heavy atom. The molecular formula is C11H9N5O. The van der Waals surface area contributed by atoms with Gasteiger partial charge in [-0.25, -0.2) is 0 Å². The van der Waals surface area contributed by atoms with Crippen molar-refractivity contribution in [3.8, 4) is 6.01 Å². The number of aromatic nitrogens is 5. The summed E-state index contributed by atoms with van der Waals surface area (Å²) in [5.41, 5.74) is 1.49. The summed E-state index contributed by atoms with van der Waals surface area (Å²) in [6, 6.07) is 9.63. The van der Waals surface area contributed by atoms with Gasteiger partial charge in [0.15, 0.2) is 5.65 Å². The molecule has 0 aliphatic rings. The standard InChI is InChI=1S/C11H9N5O/c1-2-6-12-9(4-1)8-17-11-15-14-10-5-3-7-13-16(10)11/h1-7H,8H2. The van der Waals surface area contributed by atoms with Crippen molar-refractivity contribution in [1.82, 2.24) is 24.8 Å². The lowest BCUT2D eigenvalue weighted by Crippen LogP contribution is -2.02. The third-order valence-electron chi connectivity index (χ3n) is 2.22. The van der Waals surface area contributed by atoms with E-state index in [1.165, 1.54) is 0 Å². The minimum Gasteiger partial charge on any atom is -0.456 e.